The third kappa shape index (κ3) is 5.85. The molecule has 0 fully saturated rings. The van der Waals surface area contributed by atoms with Crippen molar-refractivity contribution in [1.82, 2.24) is 5.32 Å². The lowest BCUT2D eigenvalue weighted by Crippen LogP contribution is -2.35. The molecule has 2 aromatic carbocycles. The number of aliphatic carboxylic acids is 1. The van der Waals surface area contributed by atoms with Gasteiger partial charge in [0.25, 0.3) is 0 Å². The molecule has 5 nitrogen and oxygen atoms in total. The molecule has 3 rings (SSSR count). The Balaban J connectivity index is 1.66. The predicted molar refractivity (Wildman–Crippen MR) is 111 cm³/mol. The van der Waals surface area contributed by atoms with E-state index in [1.165, 1.54) is 0 Å². The van der Waals surface area contributed by atoms with Gasteiger partial charge in [-0.25, -0.2) is 4.79 Å². The summed E-state index contributed by atoms with van der Waals surface area (Å²) in [5.74, 6) is -0.110. The van der Waals surface area contributed by atoms with Crippen LogP contribution in [-0.2, 0) is 4.79 Å². The average molecular weight is 361 g/mol. The van der Waals surface area contributed by atoms with Crippen LogP contribution < -0.4 is 10.6 Å². The van der Waals surface area contributed by atoms with E-state index in [4.69, 9.17) is 0 Å². The Bertz CT molecular complexity index is 870. The lowest BCUT2D eigenvalue weighted by Gasteiger charge is -2.16. The third-order valence-electron chi connectivity index (χ3n) is 4.11. The normalized spacial score (nSPS) is 14.5. The summed E-state index contributed by atoms with van der Waals surface area (Å²) in [6.45, 7) is 1.76. The van der Waals surface area contributed by atoms with Crippen molar-refractivity contribution in [3.8, 4) is 0 Å². The van der Waals surface area contributed by atoms with E-state index in [0.717, 1.165) is 42.3 Å². The number of carbonyl (C=O) groups is 1. The summed E-state index contributed by atoms with van der Waals surface area (Å²) in [4.78, 5) is 15.9. The fraction of sp³-hybridized carbons (Fsp3) is 0.182. The van der Waals surface area contributed by atoms with Crippen molar-refractivity contribution in [2.24, 2.45) is 4.99 Å². The van der Waals surface area contributed by atoms with Crippen LogP contribution in [0.5, 0.6) is 0 Å². The lowest BCUT2D eigenvalue weighted by atomic mass is 10.1. The van der Waals surface area contributed by atoms with Crippen LogP contribution in [0.15, 0.2) is 71.2 Å². The van der Waals surface area contributed by atoms with Crippen molar-refractivity contribution in [2.75, 3.05) is 18.4 Å². The highest BCUT2D eigenvalue weighted by Gasteiger charge is 2.06. The van der Waals surface area contributed by atoms with Crippen LogP contribution in [0.25, 0.3) is 12.2 Å². The Morgan fingerprint density at radius 1 is 1.15 bits per heavy atom. The van der Waals surface area contributed by atoms with Crippen LogP contribution >= 0.6 is 0 Å². The van der Waals surface area contributed by atoms with Crippen LogP contribution in [0, 0.1) is 0 Å². The maximum atomic E-state index is 11.5. The summed E-state index contributed by atoms with van der Waals surface area (Å²) < 4.78 is 0. The second-order valence-electron chi connectivity index (χ2n) is 6.25. The Kier molecular flexibility index (Phi) is 6.41. The molecule has 27 heavy (non-hydrogen) atoms. The van der Waals surface area contributed by atoms with Gasteiger partial charge in [0, 0.05) is 24.4 Å². The van der Waals surface area contributed by atoms with Gasteiger partial charge in [-0.05, 0) is 42.2 Å². The van der Waals surface area contributed by atoms with E-state index < -0.39 is 5.97 Å². The molecule has 0 bridgehead atoms. The molecule has 0 radical (unpaired) electrons. The van der Waals surface area contributed by atoms with E-state index in [9.17, 15) is 9.90 Å². The molecule has 2 aromatic rings. The monoisotopic (exact) mass is 361 g/mol. The van der Waals surface area contributed by atoms with Gasteiger partial charge in [0.1, 0.15) is 0 Å². The summed E-state index contributed by atoms with van der Waals surface area (Å²) in [6.07, 6.45) is 6.92. The molecule has 1 heterocycles. The summed E-state index contributed by atoms with van der Waals surface area (Å²) >= 11 is 0. The van der Waals surface area contributed by atoms with Crippen LogP contribution in [0.1, 0.15) is 24.0 Å². The number of guanidine groups is 1. The number of rotatable bonds is 6. The van der Waals surface area contributed by atoms with E-state index in [0.29, 0.717) is 12.0 Å². The Hall–Kier alpha value is -3.34. The first-order valence-electron chi connectivity index (χ1n) is 9.01. The van der Waals surface area contributed by atoms with Crippen molar-refractivity contribution >= 4 is 29.8 Å². The zero-order valence-electron chi connectivity index (χ0n) is 15.1. The highest BCUT2D eigenvalue weighted by atomic mass is 16.4. The van der Waals surface area contributed by atoms with Gasteiger partial charge in [0.05, 0.1) is 0 Å². The number of anilines is 1. The van der Waals surface area contributed by atoms with Crippen molar-refractivity contribution in [2.45, 2.75) is 12.8 Å². The summed E-state index contributed by atoms with van der Waals surface area (Å²) in [6, 6.07) is 17.4. The highest BCUT2D eigenvalue weighted by molar-refractivity contribution is 5.94. The molecule has 0 saturated carbocycles. The molecule has 138 valence electrons. The molecule has 3 N–H and O–H groups in total. The van der Waals surface area contributed by atoms with Crippen LogP contribution in [0.4, 0.5) is 5.69 Å². The van der Waals surface area contributed by atoms with E-state index in [2.05, 4.69) is 15.6 Å². The van der Waals surface area contributed by atoms with Gasteiger partial charge in [-0.1, -0.05) is 54.6 Å². The topological polar surface area (TPSA) is 73.7 Å². The number of carboxylic acid groups (broad SMARTS) is 1. The molecule has 0 aliphatic carbocycles. The minimum Gasteiger partial charge on any atom is -0.478 e. The number of benzene rings is 2. The van der Waals surface area contributed by atoms with E-state index in [-0.39, 0.29) is 0 Å². The van der Waals surface area contributed by atoms with Crippen LogP contribution in [0.3, 0.4) is 0 Å². The maximum Gasteiger partial charge on any atom is 0.331 e. The van der Waals surface area contributed by atoms with Gasteiger partial charge in [-0.15, -0.1) is 0 Å². The first kappa shape index (κ1) is 18.5. The molecule has 1 aliphatic rings. The fourth-order valence-corrected chi connectivity index (χ4v) is 2.75. The number of aliphatic imine (C=N–C) groups is 1. The highest BCUT2D eigenvalue weighted by Crippen LogP contribution is 2.15. The number of hydrogen-bond acceptors (Lipinski definition) is 4. The van der Waals surface area contributed by atoms with Crippen molar-refractivity contribution in [3.05, 3.63) is 77.4 Å². The van der Waals surface area contributed by atoms with Gasteiger partial charge in [0.15, 0.2) is 5.96 Å². The van der Waals surface area contributed by atoms with Crippen molar-refractivity contribution in [1.29, 1.82) is 0 Å². The zero-order valence-corrected chi connectivity index (χ0v) is 15.1. The van der Waals surface area contributed by atoms with Crippen molar-refractivity contribution < 1.29 is 9.90 Å². The summed E-state index contributed by atoms with van der Waals surface area (Å²) in [5, 5.41) is 15.9. The molecule has 0 aromatic heterocycles. The van der Waals surface area contributed by atoms with Crippen LogP contribution in [-0.4, -0.2) is 30.1 Å². The lowest BCUT2D eigenvalue weighted by molar-refractivity contribution is -0.132. The fourth-order valence-electron chi connectivity index (χ4n) is 2.75. The zero-order chi connectivity index (χ0) is 18.9. The molecule has 0 spiro atoms. The Labute approximate surface area is 159 Å². The SMILES string of the molecule is O=C(O)C(=Cc1ccccc1)CC=Cc1cccc(NC2=NCCCN2)c1. The van der Waals surface area contributed by atoms with Gasteiger partial charge in [0.2, 0.25) is 0 Å². The first-order chi connectivity index (χ1) is 13.2. The van der Waals surface area contributed by atoms with Crippen LogP contribution in [0.2, 0.25) is 0 Å². The molecule has 0 atom stereocenters. The van der Waals surface area contributed by atoms with Gasteiger partial charge >= 0.3 is 5.97 Å². The minimum absolute atomic E-state index is 0.354. The Morgan fingerprint density at radius 2 is 1.96 bits per heavy atom. The van der Waals surface area contributed by atoms with Crippen molar-refractivity contribution in [3.63, 3.8) is 0 Å². The predicted octanol–water partition coefficient (Wildman–Crippen LogP) is 4.02. The smallest absolute Gasteiger partial charge is 0.331 e. The first-order valence-corrected chi connectivity index (χ1v) is 9.01. The summed E-state index contributed by atoms with van der Waals surface area (Å²) in [7, 11) is 0. The minimum atomic E-state index is -0.902. The van der Waals surface area contributed by atoms with Gasteiger partial charge in [-0.3, -0.25) is 4.99 Å². The number of allylic oxidation sites excluding steroid dienone is 1. The van der Waals surface area contributed by atoms with E-state index in [1.54, 1.807) is 6.08 Å². The number of nitrogens with zero attached hydrogens (tertiary/aromatic N) is 1. The molecule has 1 aliphatic heterocycles. The second-order valence-corrected chi connectivity index (χ2v) is 6.25. The number of hydrogen-bond donors (Lipinski definition) is 3. The molecule has 0 saturated heterocycles. The third-order valence-corrected chi connectivity index (χ3v) is 4.11. The largest absolute Gasteiger partial charge is 0.478 e. The molecule has 0 unspecified atom stereocenters. The quantitative estimate of drug-likeness (QED) is 0.680. The van der Waals surface area contributed by atoms with Gasteiger partial charge in [-0.2, -0.15) is 0 Å². The Morgan fingerprint density at radius 3 is 2.70 bits per heavy atom. The molecule has 0 amide bonds. The molecular weight excluding hydrogens is 338 g/mol. The number of nitrogens with one attached hydrogen (secondary N) is 2. The maximum absolute atomic E-state index is 11.5. The standard InChI is InChI=1S/C22H23N3O2/c26-21(27)19(15-17-7-2-1-3-8-17)11-4-9-18-10-5-12-20(16-18)25-22-23-13-6-14-24-22/h1-5,7-10,12,15-16H,6,11,13-14H2,(H,26,27)(H2,23,24,25). The molecule has 5 heteroatoms. The summed E-state index contributed by atoms with van der Waals surface area (Å²) in [5.41, 5.74) is 3.19. The average Bonchev–Trinajstić information content (AvgIpc) is 2.69. The van der Waals surface area contributed by atoms with E-state index in [1.807, 2.05) is 66.7 Å². The van der Waals surface area contributed by atoms with Gasteiger partial charge < -0.3 is 15.7 Å². The van der Waals surface area contributed by atoms with E-state index >= 15 is 0 Å². The second kappa shape index (κ2) is 9.38. The molecular formula is C22H23N3O2. The number of carboxylic acids is 1.